The Balaban J connectivity index is 2.56. The largest absolute Gasteiger partial charge is 0.480 e. The van der Waals surface area contributed by atoms with Crippen LogP contribution in [0.5, 0.6) is 0 Å². The lowest BCUT2D eigenvalue weighted by molar-refractivity contribution is -0.139. The lowest BCUT2D eigenvalue weighted by Crippen LogP contribution is -2.48. The van der Waals surface area contributed by atoms with E-state index in [9.17, 15) is 9.59 Å². The highest BCUT2D eigenvalue weighted by molar-refractivity contribution is 5.96. The van der Waals surface area contributed by atoms with Gasteiger partial charge in [-0.05, 0) is 18.9 Å². The van der Waals surface area contributed by atoms with Crippen LogP contribution in [0.3, 0.4) is 0 Å². The Labute approximate surface area is 119 Å². The molecule has 3 N–H and O–H groups in total. The van der Waals surface area contributed by atoms with Crippen LogP contribution in [0, 0.1) is 0 Å². The molecule has 1 rings (SSSR count). The van der Waals surface area contributed by atoms with Gasteiger partial charge in [0.15, 0.2) is 0 Å². The molecule has 0 heterocycles. The highest BCUT2D eigenvalue weighted by Crippen LogP contribution is 2.06. The fourth-order valence-electron chi connectivity index (χ4n) is 1.82. The van der Waals surface area contributed by atoms with Gasteiger partial charge in [0, 0.05) is 18.2 Å². The van der Waals surface area contributed by atoms with Crippen LogP contribution in [0.15, 0.2) is 36.0 Å². The normalized spacial score (nSPS) is 22.1. The Morgan fingerprint density at radius 1 is 1.30 bits per heavy atom. The molecule has 110 valence electrons. The maximum absolute atomic E-state index is 12.0. The standard InChI is InChI=1S/C15H22N2O3/c1-11(2)17-13(15(19)20)10-16-14(18)12-8-6-4-3-5-7-9-12/h3-4,6,8-9,11,13,17H,5,7,10H2,1-2H3,(H,16,18)(H,19,20)/b4-3+,8-6-,12-9+. The molecule has 0 saturated heterocycles. The summed E-state index contributed by atoms with van der Waals surface area (Å²) in [5, 5.41) is 14.6. The van der Waals surface area contributed by atoms with Crippen LogP contribution < -0.4 is 10.6 Å². The number of aliphatic carboxylic acids is 1. The molecule has 1 amide bonds. The quantitative estimate of drug-likeness (QED) is 0.686. The second-order valence-corrected chi connectivity index (χ2v) is 4.95. The van der Waals surface area contributed by atoms with Gasteiger partial charge in [-0.25, -0.2) is 0 Å². The first-order valence-electron chi connectivity index (χ1n) is 6.81. The van der Waals surface area contributed by atoms with Gasteiger partial charge in [-0.15, -0.1) is 0 Å². The fraction of sp³-hybridized carbons (Fsp3) is 0.467. The van der Waals surface area contributed by atoms with Gasteiger partial charge in [-0.2, -0.15) is 0 Å². The molecule has 0 spiro atoms. The van der Waals surface area contributed by atoms with Crippen LogP contribution in [-0.2, 0) is 9.59 Å². The molecule has 1 aliphatic rings. The van der Waals surface area contributed by atoms with Crippen molar-refractivity contribution in [3.63, 3.8) is 0 Å². The van der Waals surface area contributed by atoms with Gasteiger partial charge in [0.25, 0.3) is 5.91 Å². The molecular weight excluding hydrogens is 256 g/mol. The predicted octanol–water partition coefficient (Wildman–Crippen LogP) is 1.39. The first-order chi connectivity index (χ1) is 9.50. The summed E-state index contributed by atoms with van der Waals surface area (Å²) in [7, 11) is 0. The van der Waals surface area contributed by atoms with E-state index in [0.717, 1.165) is 12.8 Å². The average molecular weight is 278 g/mol. The topological polar surface area (TPSA) is 78.4 Å². The molecule has 0 aromatic carbocycles. The maximum atomic E-state index is 12.0. The SMILES string of the molecule is CC(C)NC(CNC(=O)C1=C/CC/C=C/C=C\1)C(=O)O. The van der Waals surface area contributed by atoms with Crippen molar-refractivity contribution in [1.29, 1.82) is 0 Å². The van der Waals surface area contributed by atoms with Crippen LogP contribution in [0.4, 0.5) is 0 Å². The first-order valence-corrected chi connectivity index (χ1v) is 6.81. The summed E-state index contributed by atoms with van der Waals surface area (Å²) in [5.74, 6) is -1.21. The van der Waals surface area contributed by atoms with Gasteiger partial charge in [0.1, 0.15) is 6.04 Å². The monoisotopic (exact) mass is 278 g/mol. The second kappa shape index (κ2) is 8.32. The summed E-state index contributed by atoms with van der Waals surface area (Å²) in [6, 6.07) is -0.740. The number of hydrogen-bond acceptors (Lipinski definition) is 3. The molecule has 0 bridgehead atoms. The van der Waals surface area contributed by atoms with Crippen LogP contribution in [0.2, 0.25) is 0 Å². The van der Waals surface area contributed by atoms with E-state index >= 15 is 0 Å². The highest BCUT2D eigenvalue weighted by atomic mass is 16.4. The van der Waals surface area contributed by atoms with E-state index in [1.165, 1.54) is 0 Å². The number of carboxylic acid groups (broad SMARTS) is 1. The van der Waals surface area contributed by atoms with E-state index in [1.54, 1.807) is 6.08 Å². The average Bonchev–Trinajstić information content (AvgIpc) is 2.32. The Morgan fingerprint density at radius 2 is 2.05 bits per heavy atom. The summed E-state index contributed by atoms with van der Waals surface area (Å²) in [6.45, 7) is 3.79. The molecule has 1 aliphatic carbocycles. The number of rotatable bonds is 6. The Bertz CT molecular complexity index is 436. The van der Waals surface area contributed by atoms with E-state index in [-0.39, 0.29) is 18.5 Å². The molecule has 1 unspecified atom stereocenters. The minimum absolute atomic E-state index is 0.0404. The molecular formula is C15H22N2O3. The van der Waals surface area contributed by atoms with E-state index in [0.29, 0.717) is 5.57 Å². The third-order valence-corrected chi connectivity index (χ3v) is 2.78. The summed E-state index contributed by atoms with van der Waals surface area (Å²) < 4.78 is 0. The third-order valence-electron chi connectivity index (χ3n) is 2.78. The zero-order valence-corrected chi connectivity index (χ0v) is 11.9. The first kappa shape index (κ1) is 16.2. The van der Waals surface area contributed by atoms with Gasteiger partial charge in [0.05, 0.1) is 0 Å². The Kier molecular flexibility index (Phi) is 6.73. The number of carboxylic acids is 1. The number of hydrogen-bond donors (Lipinski definition) is 3. The molecule has 5 nitrogen and oxygen atoms in total. The predicted molar refractivity (Wildman–Crippen MR) is 78.3 cm³/mol. The molecule has 0 fully saturated rings. The van der Waals surface area contributed by atoms with Crippen molar-refractivity contribution < 1.29 is 14.7 Å². The molecule has 1 atom stereocenters. The molecule has 0 aromatic heterocycles. The molecule has 20 heavy (non-hydrogen) atoms. The lowest BCUT2D eigenvalue weighted by Gasteiger charge is -2.18. The van der Waals surface area contributed by atoms with Crippen LogP contribution in [0.25, 0.3) is 0 Å². The van der Waals surface area contributed by atoms with Crippen molar-refractivity contribution in [2.24, 2.45) is 0 Å². The van der Waals surface area contributed by atoms with Crippen molar-refractivity contribution >= 4 is 11.9 Å². The lowest BCUT2D eigenvalue weighted by atomic mass is 10.1. The van der Waals surface area contributed by atoms with Gasteiger partial charge in [0.2, 0.25) is 0 Å². The van der Waals surface area contributed by atoms with E-state index in [1.807, 2.05) is 38.2 Å². The minimum Gasteiger partial charge on any atom is -0.480 e. The van der Waals surface area contributed by atoms with Crippen LogP contribution in [0.1, 0.15) is 26.7 Å². The highest BCUT2D eigenvalue weighted by Gasteiger charge is 2.19. The summed E-state index contributed by atoms with van der Waals surface area (Å²) in [4.78, 5) is 23.1. The molecule has 0 radical (unpaired) electrons. The second-order valence-electron chi connectivity index (χ2n) is 4.95. The number of amides is 1. The van der Waals surface area contributed by atoms with Gasteiger partial charge in [-0.1, -0.05) is 38.2 Å². The molecule has 0 saturated carbocycles. The molecule has 0 aliphatic heterocycles. The zero-order valence-electron chi connectivity index (χ0n) is 11.9. The zero-order chi connectivity index (χ0) is 15.0. The van der Waals surface area contributed by atoms with Gasteiger partial charge >= 0.3 is 5.97 Å². The third kappa shape index (κ3) is 5.84. The maximum Gasteiger partial charge on any atom is 0.322 e. The van der Waals surface area contributed by atoms with Crippen molar-refractivity contribution in [2.75, 3.05) is 6.54 Å². The van der Waals surface area contributed by atoms with E-state index in [2.05, 4.69) is 10.6 Å². The summed E-state index contributed by atoms with van der Waals surface area (Å²) in [6.07, 6.45) is 11.0. The summed E-state index contributed by atoms with van der Waals surface area (Å²) in [5.41, 5.74) is 0.572. The van der Waals surface area contributed by atoms with Crippen LogP contribution >= 0.6 is 0 Å². The summed E-state index contributed by atoms with van der Waals surface area (Å²) >= 11 is 0. The number of allylic oxidation sites excluding steroid dienone is 4. The van der Waals surface area contributed by atoms with Crippen molar-refractivity contribution in [3.05, 3.63) is 36.0 Å². The molecule has 5 heteroatoms. The van der Waals surface area contributed by atoms with Gasteiger partial charge < -0.3 is 15.7 Å². The number of carbonyl (C=O) groups excluding carboxylic acids is 1. The van der Waals surface area contributed by atoms with Crippen molar-refractivity contribution in [1.82, 2.24) is 10.6 Å². The number of nitrogens with one attached hydrogen (secondary N) is 2. The van der Waals surface area contributed by atoms with Crippen molar-refractivity contribution in [3.8, 4) is 0 Å². The molecule has 0 aromatic rings. The minimum atomic E-state index is -0.968. The smallest absolute Gasteiger partial charge is 0.322 e. The Hall–Kier alpha value is -1.88. The fourth-order valence-corrected chi connectivity index (χ4v) is 1.82. The number of carbonyl (C=O) groups is 2. The van der Waals surface area contributed by atoms with Gasteiger partial charge in [-0.3, -0.25) is 9.59 Å². The van der Waals surface area contributed by atoms with E-state index in [4.69, 9.17) is 5.11 Å². The van der Waals surface area contributed by atoms with E-state index < -0.39 is 12.0 Å². The Morgan fingerprint density at radius 3 is 2.70 bits per heavy atom. The van der Waals surface area contributed by atoms with Crippen molar-refractivity contribution in [2.45, 2.75) is 38.8 Å². The van der Waals surface area contributed by atoms with Crippen LogP contribution in [-0.4, -0.2) is 35.6 Å².